The molecule has 0 atom stereocenters. The fourth-order valence-corrected chi connectivity index (χ4v) is 1.53. The predicted octanol–water partition coefficient (Wildman–Crippen LogP) is 2.13. The normalized spacial score (nSPS) is 10.6. The Kier molecular flexibility index (Phi) is 4.35. The molecular weight excluding hydrogens is 242 g/mol. The summed E-state index contributed by atoms with van der Waals surface area (Å²) in [6.07, 6.45) is 0. The predicted molar refractivity (Wildman–Crippen MR) is 63.7 cm³/mol. The van der Waals surface area contributed by atoms with Crippen LogP contribution in [0, 0.1) is 6.92 Å². The molecule has 1 heterocycles. The van der Waals surface area contributed by atoms with Gasteiger partial charge in [0.05, 0.1) is 11.4 Å². The van der Waals surface area contributed by atoms with Gasteiger partial charge >= 0.3 is 0 Å². The first-order chi connectivity index (χ1) is 6.59. The quantitative estimate of drug-likeness (QED) is 0.838. The minimum absolute atomic E-state index is 0.883. The van der Waals surface area contributed by atoms with E-state index in [1.54, 1.807) is 0 Å². The van der Waals surface area contributed by atoms with Gasteiger partial charge in [-0.3, -0.25) is 0 Å². The number of pyridine rings is 1. The van der Waals surface area contributed by atoms with Crippen LogP contribution in [0.2, 0.25) is 0 Å². The number of aryl methyl sites for hydroxylation is 1. The fraction of sp³-hybridized carbons (Fsp3) is 0.500. The number of hydrogen-bond donors (Lipinski definition) is 1. The second-order valence-corrected chi connectivity index (χ2v) is 4.31. The second kappa shape index (κ2) is 5.32. The molecule has 0 spiro atoms. The van der Waals surface area contributed by atoms with Gasteiger partial charge in [0.1, 0.15) is 4.60 Å². The molecule has 1 aromatic rings. The number of likely N-dealkylation sites (N-methyl/N-ethyl adjacent to an activating group) is 1. The molecule has 0 fully saturated rings. The number of anilines is 1. The van der Waals surface area contributed by atoms with Gasteiger partial charge in [0, 0.05) is 13.1 Å². The van der Waals surface area contributed by atoms with E-state index in [0.717, 1.165) is 29.1 Å². The number of nitrogens with one attached hydrogen (secondary N) is 1. The van der Waals surface area contributed by atoms with Crippen LogP contribution in [0.4, 0.5) is 5.69 Å². The molecule has 78 valence electrons. The molecule has 1 aromatic heterocycles. The smallest absolute Gasteiger partial charge is 0.106 e. The lowest BCUT2D eigenvalue weighted by Crippen LogP contribution is -2.21. The molecular formula is C10H16BrN3. The number of nitrogens with zero attached hydrogens (tertiary/aromatic N) is 2. The summed E-state index contributed by atoms with van der Waals surface area (Å²) in [6.45, 7) is 3.97. The second-order valence-electron chi connectivity index (χ2n) is 3.50. The highest BCUT2D eigenvalue weighted by Crippen LogP contribution is 2.15. The van der Waals surface area contributed by atoms with E-state index in [2.05, 4.69) is 45.2 Å². The van der Waals surface area contributed by atoms with Gasteiger partial charge in [-0.1, -0.05) is 0 Å². The first-order valence-corrected chi connectivity index (χ1v) is 5.40. The minimum atomic E-state index is 0.883. The Hall–Kier alpha value is -0.610. The number of halogens is 1. The average Bonchev–Trinajstić information content (AvgIpc) is 2.08. The topological polar surface area (TPSA) is 28.2 Å². The molecule has 0 amide bonds. The van der Waals surface area contributed by atoms with Crippen LogP contribution in [-0.2, 0) is 0 Å². The maximum atomic E-state index is 4.31. The zero-order chi connectivity index (χ0) is 10.6. The molecule has 1 rings (SSSR count). The van der Waals surface area contributed by atoms with Gasteiger partial charge in [0.2, 0.25) is 0 Å². The van der Waals surface area contributed by atoms with Crippen molar-refractivity contribution in [3.63, 3.8) is 0 Å². The first kappa shape index (κ1) is 11.5. The molecule has 0 saturated carbocycles. The lowest BCUT2D eigenvalue weighted by molar-refractivity contribution is 0.425. The molecule has 0 radical (unpaired) electrons. The third-order valence-electron chi connectivity index (χ3n) is 1.93. The third-order valence-corrected chi connectivity index (χ3v) is 2.37. The monoisotopic (exact) mass is 257 g/mol. The molecule has 0 aliphatic carbocycles. The van der Waals surface area contributed by atoms with Crippen molar-refractivity contribution in [3.8, 4) is 0 Å². The summed E-state index contributed by atoms with van der Waals surface area (Å²) in [4.78, 5) is 6.46. The first-order valence-electron chi connectivity index (χ1n) is 4.61. The van der Waals surface area contributed by atoms with E-state index < -0.39 is 0 Å². The number of rotatable bonds is 4. The van der Waals surface area contributed by atoms with Crippen LogP contribution in [-0.4, -0.2) is 37.1 Å². The van der Waals surface area contributed by atoms with Crippen LogP contribution in [0.1, 0.15) is 5.69 Å². The van der Waals surface area contributed by atoms with E-state index in [4.69, 9.17) is 0 Å². The average molecular weight is 258 g/mol. The van der Waals surface area contributed by atoms with Crippen LogP contribution < -0.4 is 5.32 Å². The molecule has 0 saturated heterocycles. The lowest BCUT2D eigenvalue weighted by Gasteiger charge is -2.12. The van der Waals surface area contributed by atoms with E-state index in [1.165, 1.54) is 0 Å². The standard InChI is InChI=1S/C10H16BrN3/c1-8-9(4-5-10(11)13-8)12-6-7-14(2)3/h4-5,12H,6-7H2,1-3H3. The van der Waals surface area contributed by atoms with Gasteiger partial charge in [0.25, 0.3) is 0 Å². The molecule has 0 aliphatic heterocycles. The highest BCUT2D eigenvalue weighted by atomic mass is 79.9. The van der Waals surface area contributed by atoms with Gasteiger partial charge < -0.3 is 10.2 Å². The Morgan fingerprint density at radius 3 is 2.71 bits per heavy atom. The number of hydrogen-bond acceptors (Lipinski definition) is 3. The van der Waals surface area contributed by atoms with Gasteiger partial charge in [-0.2, -0.15) is 0 Å². The van der Waals surface area contributed by atoms with E-state index in [1.807, 2.05) is 19.1 Å². The van der Waals surface area contributed by atoms with Crippen molar-refractivity contribution in [2.24, 2.45) is 0 Å². The fourth-order valence-electron chi connectivity index (χ4n) is 1.13. The summed E-state index contributed by atoms with van der Waals surface area (Å²) in [5.74, 6) is 0. The largest absolute Gasteiger partial charge is 0.382 e. The molecule has 0 unspecified atom stereocenters. The third kappa shape index (κ3) is 3.64. The lowest BCUT2D eigenvalue weighted by atomic mass is 10.3. The highest BCUT2D eigenvalue weighted by Gasteiger charge is 1.99. The van der Waals surface area contributed by atoms with Crippen molar-refractivity contribution in [1.29, 1.82) is 0 Å². The summed E-state index contributed by atoms with van der Waals surface area (Å²) in [7, 11) is 4.13. The van der Waals surface area contributed by atoms with Gasteiger partial charge in [-0.05, 0) is 49.1 Å². The summed E-state index contributed by atoms with van der Waals surface area (Å²) < 4.78 is 0.883. The van der Waals surface area contributed by atoms with Crippen LogP contribution in [0.5, 0.6) is 0 Å². The van der Waals surface area contributed by atoms with Crippen molar-refractivity contribution < 1.29 is 0 Å². The van der Waals surface area contributed by atoms with E-state index >= 15 is 0 Å². The number of aromatic nitrogens is 1. The van der Waals surface area contributed by atoms with E-state index in [9.17, 15) is 0 Å². The van der Waals surface area contributed by atoms with Crippen LogP contribution in [0.15, 0.2) is 16.7 Å². The Bertz CT molecular complexity index is 299. The molecule has 1 N–H and O–H groups in total. The molecule has 0 aliphatic rings. The van der Waals surface area contributed by atoms with Crippen molar-refractivity contribution in [2.45, 2.75) is 6.92 Å². The maximum absolute atomic E-state index is 4.31. The van der Waals surface area contributed by atoms with Gasteiger partial charge in [-0.25, -0.2) is 4.98 Å². The Morgan fingerprint density at radius 1 is 1.43 bits per heavy atom. The maximum Gasteiger partial charge on any atom is 0.106 e. The zero-order valence-corrected chi connectivity index (χ0v) is 10.4. The van der Waals surface area contributed by atoms with E-state index in [-0.39, 0.29) is 0 Å². The van der Waals surface area contributed by atoms with Gasteiger partial charge in [-0.15, -0.1) is 0 Å². The summed E-state index contributed by atoms with van der Waals surface area (Å²) >= 11 is 3.34. The van der Waals surface area contributed by atoms with E-state index in [0.29, 0.717) is 0 Å². The van der Waals surface area contributed by atoms with Crippen molar-refractivity contribution >= 4 is 21.6 Å². The SMILES string of the molecule is Cc1nc(Br)ccc1NCCN(C)C. The van der Waals surface area contributed by atoms with Crippen LogP contribution >= 0.6 is 15.9 Å². The molecule has 14 heavy (non-hydrogen) atoms. The molecule has 3 nitrogen and oxygen atoms in total. The van der Waals surface area contributed by atoms with Crippen LogP contribution in [0.3, 0.4) is 0 Å². The van der Waals surface area contributed by atoms with Crippen molar-refractivity contribution in [2.75, 3.05) is 32.5 Å². The Morgan fingerprint density at radius 2 is 2.14 bits per heavy atom. The van der Waals surface area contributed by atoms with Crippen molar-refractivity contribution in [3.05, 3.63) is 22.4 Å². The summed E-state index contributed by atoms with van der Waals surface area (Å²) in [5.41, 5.74) is 2.13. The summed E-state index contributed by atoms with van der Waals surface area (Å²) in [6, 6.07) is 3.99. The summed E-state index contributed by atoms with van der Waals surface area (Å²) in [5, 5.41) is 3.35. The molecule has 0 aromatic carbocycles. The Balaban J connectivity index is 2.51. The molecule has 4 heteroatoms. The zero-order valence-electron chi connectivity index (χ0n) is 8.84. The highest BCUT2D eigenvalue weighted by molar-refractivity contribution is 9.10. The van der Waals surface area contributed by atoms with Gasteiger partial charge in [0.15, 0.2) is 0 Å². The molecule has 0 bridgehead atoms. The minimum Gasteiger partial charge on any atom is -0.382 e. The Labute approximate surface area is 93.7 Å². The van der Waals surface area contributed by atoms with Crippen LogP contribution in [0.25, 0.3) is 0 Å². The van der Waals surface area contributed by atoms with Crippen molar-refractivity contribution in [1.82, 2.24) is 9.88 Å².